The van der Waals surface area contributed by atoms with Crippen LogP contribution in [-0.2, 0) is 26.7 Å². The topological polar surface area (TPSA) is 115 Å². The van der Waals surface area contributed by atoms with Crippen LogP contribution in [0.5, 0.6) is 0 Å². The van der Waals surface area contributed by atoms with Crippen molar-refractivity contribution in [1.29, 1.82) is 0 Å². The monoisotopic (exact) mass is 411 g/mol. The minimum Gasteiger partial charge on any atom is -0.356 e. The highest BCUT2D eigenvalue weighted by Gasteiger charge is 2.53. The Labute approximate surface area is 169 Å². The van der Waals surface area contributed by atoms with E-state index < -0.39 is 15.4 Å². The van der Waals surface area contributed by atoms with Crippen LogP contribution in [-0.4, -0.2) is 26.0 Å². The van der Waals surface area contributed by atoms with Crippen LogP contribution in [0, 0.1) is 0 Å². The number of carbonyl (C=O) groups is 1. The zero-order chi connectivity index (χ0) is 20.5. The third-order valence-electron chi connectivity index (χ3n) is 5.19. The molecule has 1 amide bonds. The number of nitrogens with two attached hydrogens (primary N) is 1. The predicted molar refractivity (Wildman–Crippen MR) is 107 cm³/mol. The highest BCUT2D eigenvalue weighted by Crippen LogP contribution is 2.48. The zero-order valence-electron chi connectivity index (χ0n) is 15.7. The molecule has 29 heavy (non-hydrogen) atoms. The van der Waals surface area contributed by atoms with E-state index >= 15 is 0 Å². The van der Waals surface area contributed by atoms with Gasteiger partial charge in [-0.2, -0.15) is 0 Å². The maximum Gasteiger partial charge on any atom is 0.238 e. The highest BCUT2D eigenvalue weighted by atomic mass is 32.2. The van der Waals surface area contributed by atoms with Crippen molar-refractivity contribution in [2.45, 2.75) is 29.6 Å². The maximum atomic E-state index is 12.8. The highest BCUT2D eigenvalue weighted by molar-refractivity contribution is 7.89. The molecule has 0 unspecified atom stereocenters. The number of sulfonamides is 1. The molecular formula is C21H21N3O4S. The van der Waals surface area contributed by atoms with Gasteiger partial charge in [-0.05, 0) is 37.0 Å². The van der Waals surface area contributed by atoms with Gasteiger partial charge in [0, 0.05) is 18.2 Å². The van der Waals surface area contributed by atoms with Gasteiger partial charge in [0.25, 0.3) is 0 Å². The third kappa shape index (κ3) is 4.08. The van der Waals surface area contributed by atoms with Gasteiger partial charge in [0.05, 0.1) is 16.0 Å². The molecule has 150 valence electrons. The van der Waals surface area contributed by atoms with E-state index in [2.05, 4.69) is 10.5 Å². The molecule has 3 aromatic rings. The number of rotatable bonds is 7. The summed E-state index contributed by atoms with van der Waals surface area (Å²) in [5, 5.41) is 12.2. The second-order valence-corrected chi connectivity index (χ2v) is 8.78. The summed E-state index contributed by atoms with van der Waals surface area (Å²) in [5.74, 6) is 0.584. The lowest BCUT2D eigenvalue weighted by atomic mass is 10.00. The molecule has 0 atom stereocenters. The Morgan fingerprint density at radius 2 is 1.79 bits per heavy atom. The fourth-order valence-electron chi connectivity index (χ4n) is 3.30. The largest absolute Gasteiger partial charge is 0.356 e. The average molecular weight is 411 g/mol. The van der Waals surface area contributed by atoms with Crippen molar-refractivity contribution in [1.82, 2.24) is 10.5 Å². The molecule has 0 aliphatic heterocycles. The van der Waals surface area contributed by atoms with E-state index in [1.165, 1.54) is 12.1 Å². The fourth-order valence-corrected chi connectivity index (χ4v) is 3.81. The van der Waals surface area contributed by atoms with Crippen LogP contribution >= 0.6 is 0 Å². The summed E-state index contributed by atoms with van der Waals surface area (Å²) in [5.41, 5.74) is 1.88. The standard InChI is InChI=1S/C21H21N3O4S/c22-29(26,27)17-8-6-15(7-9-17)10-13-23-20(25)21(11-12-21)19-14-18(28-24-19)16-4-2-1-3-5-16/h1-9,14H,10-13H2,(H,23,25)(H2,22,26,27). The lowest BCUT2D eigenvalue weighted by molar-refractivity contribution is -0.123. The van der Waals surface area contributed by atoms with Crippen LogP contribution < -0.4 is 10.5 Å². The van der Waals surface area contributed by atoms with Crippen molar-refractivity contribution in [2.75, 3.05) is 6.54 Å². The van der Waals surface area contributed by atoms with Gasteiger partial charge in [0.2, 0.25) is 15.9 Å². The molecule has 1 fully saturated rings. The van der Waals surface area contributed by atoms with Crippen molar-refractivity contribution in [3.63, 3.8) is 0 Å². The first kappa shape index (κ1) is 19.4. The van der Waals surface area contributed by atoms with Gasteiger partial charge in [-0.1, -0.05) is 47.6 Å². The fraction of sp³-hybridized carbons (Fsp3) is 0.238. The number of carbonyl (C=O) groups excluding carboxylic acids is 1. The SMILES string of the molecule is NS(=O)(=O)c1ccc(CCNC(=O)C2(c3cc(-c4ccccc4)on3)CC2)cc1. The molecule has 0 radical (unpaired) electrons. The van der Waals surface area contributed by atoms with Crippen LogP contribution in [0.2, 0.25) is 0 Å². The number of amides is 1. The zero-order valence-corrected chi connectivity index (χ0v) is 16.5. The molecule has 1 heterocycles. The number of benzene rings is 2. The maximum absolute atomic E-state index is 12.8. The van der Waals surface area contributed by atoms with Gasteiger partial charge in [0.15, 0.2) is 5.76 Å². The lowest BCUT2D eigenvalue weighted by Crippen LogP contribution is -2.36. The Morgan fingerprint density at radius 1 is 1.10 bits per heavy atom. The summed E-state index contributed by atoms with van der Waals surface area (Å²) < 4.78 is 28.0. The van der Waals surface area contributed by atoms with Gasteiger partial charge in [-0.25, -0.2) is 13.6 Å². The number of nitrogens with zero attached hydrogens (tertiary/aromatic N) is 1. The first-order chi connectivity index (χ1) is 13.9. The molecule has 1 saturated carbocycles. The molecule has 1 aromatic heterocycles. The summed E-state index contributed by atoms with van der Waals surface area (Å²) in [4.78, 5) is 12.8. The van der Waals surface area contributed by atoms with Gasteiger partial charge in [0.1, 0.15) is 0 Å². The van der Waals surface area contributed by atoms with E-state index in [4.69, 9.17) is 9.66 Å². The normalized spacial score (nSPS) is 15.1. The lowest BCUT2D eigenvalue weighted by Gasteiger charge is -2.12. The number of primary sulfonamides is 1. The molecule has 7 nitrogen and oxygen atoms in total. The first-order valence-corrected chi connectivity index (χ1v) is 10.9. The van der Waals surface area contributed by atoms with Crippen molar-refractivity contribution >= 4 is 15.9 Å². The minimum atomic E-state index is -3.70. The molecule has 3 N–H and O–H groups in total. The Kier molecular flexibility index (Phi) is 4.97. The van der Waals surface area contributed by atoms with E-state index in [0.29, 0.717) is 24.4 Å². The second-order valence-electron chi connectivity index (χ2n) is 7.22. The van der Waals surface area contributed by atoms with Crippen molar-refractivity contribution in [2.24, 2.45) is 5.14 Å². The Balaban J connectivity index is 1.37. The van der Waals surface area contributed by atoms with Crippen molar-refractivity contribution in [3.05, 3.63) is 71.9 Å². The van der Waals surface area contributed by atoms with E-state index in [0.717, 1.165) is 24.0 Å². The molecule has 1 aliphatic carbocycles. The second kappa shape index (κ2) is 7.46. The number of aromatic nitrogens is 1. The third-order valence-corrected chi connectivity index (χ3v) is 6.12. The van der Waals surface area contributed by atoms with E-state index in [1.807, 2.05) is 36.4 Å². The molecule has 0 bridgehead atoms. The molecule has 0 spiro atoms. The van der Waals surface area contributed by atoms with Crippen molar-refractivity contribution < 1.29 is 17.7 Å². The van der Waals surface area contributed by atoms with Gasteiger partial charge in [-0.15, -0.1) is 0 Å². The van der Waals surface area contributed by atoms with Crippen LogP contribution in [0.1, 0.15) is 24.1 Å². The molecule has 4 rings (SSSR count). The van der Waals surface area contributed by atoms with Crippen molar-refractivity contribution in [3.8, 4) is 11.3 Å². The summed E-state index contributed by atoms with van der Waals surface area (Å²) >= 11 is 0. The quantitative estimate of drug-likeness (QED) is 0.619. The van der Waals surface area contributed by atoms with Gasteiger partial charge in [-0.3, -0.25) is 4.79 Å². The molecular weight excluding hydrogens is 390 g/mol. The smallest absolute Gasteiger partial charge is 0.238 e. The average Bonchev–Trinajstić information content (AvgIpc) is 3.38. The number of hydrogen-bond acceptors (Lipinski definition) is 5. The summed E-state index contributed by atoms with van der Waals surface area (Å²) in [7, 11) is -3.70. The Hall–Kier alpha value is -2.97. The van der Waals surface area contributed by atoms with Gasteiger partial charge < -0.3 is 9.84 Å². The van der Waals surface area contributed by atoms with E-state index in [1.54, 1.807) is 12.1 Å². The first-order valence-electron chi connectivity index (χ1n) is 9.31. The predicted octanol–water partition coefficient (Wildman–Crippen LogP) is 2.38. The van der Waals surface area contributed by atoms with Gasteiger partial charge >= 0.3 is 0 Å². The van der Waals surface area contributed by atoms with Crippen LogP contribution in [0.3, 0.4) is 0 Å². The van der Waals surface area contributed by atoms with Crippen LogP contribution in [0.15, 0.2) is 70.1 Å². The summed E-state index contributed by atoms with van der Waals surface area (Å²) in [6, 6.07) is 17.8. The van der Waals surface area contributed by atoms with Crippen LogP contribution in [0.4, 0.5) is 0 Å². The number of hydrogen-bond donors (Lipinski definition) is 2. The van der Waals surface area contributed by atoms with E-state index in [-0.39, 0.29) is 10.8 Å². The van der Waals surface area contributed by atoms with Crippen LogP contribution in [0.25, 0.3) is 11.3 Å². The Morgan fingerprint density at radius 3 is 2.41 bits per heavy atom. The Bertz CT molecular complexity index is 1120. The summed E-state index contributed by atoms with van der Waals surface area (Å²) in [6.07, 6.45) is 2.06. The summed E-state index contributed by atoms with van der Waals surface area (Å²) in [6.45, 7) is 0.443. The number of nitrogens with one attached hydrogen (secondary N) is 1. The molecule has 0 saturated heterocycles. The molecule has 1 aliphatic rings. The molecule has 2 aromatic carbocycles. The molecule has 8 heteroatoms. The van der Waals surface area contributed by atoms with E-state index in [9.17, 15) is 13.2 Å². The minimum absolute atomic E-state index is 0.0634.